The molecule has 31 heavy (non-hydrogen) atoms. The molecule has 4 nitrogen and oxygen atoms in total. The Balaban J connectivity index is 1.54. The lowest BCUT2D eigenvalue weighted by Gasteiger charge is -2.27. The van der Waals surface area contributed by atoms with Crippen molar-refractivity contribution in [2.45, 2.75) is 32.1 Å². The summed E-state index contributed by atoms with van der Waals surface area (Å²) >= 11 is 12.2. The largest absolute Gasteiger partial charge is 0.494 e. The molecule has 0 radical (unpaired) electrons. The highest BCUT2D eigenvalue weighted by atomic mass is 35.5. The number of hydrogen-bond acceptors (Lipinski definition) is 4. The van der Waals surface area contributed by atoms with Crippen LogP contribution in [0.25, 0.3) is 0 Å². The van der Waals surface area contributed by atoms with Crippen molar-refractivity contribution in [3.05, 3.63) is 58.6 Å². The highest BCUT2D eigenvalue weighted by molar-refractivity contribution is 6.32. The van der Waals surface area contributed by atoms with E-state index in [0.717, 1.165) is 63.5 Å². The van der Waals surface area contributed by atoms with Gasteiger partial charge in [0, 0.05) is 44.0 Å². The molecule has 0 aromatic heterocycles. The van der Waals surface area contributed by atoms with Gasteiger partial charge in [0.05, 0.1) is 18.2 Å². The Kier molecular flexibility index (Phi) is 9.33. The van der Waals surface area contributed by atoms with E-state index in [1.807, 2.05) is 12.1 Å². The molecule has 0 unspecified atom stereocenters. The molecule has 0 spiro atoms. The minimum atomic E-state index is -0.181. The van der Waals surface area contributed by atoms with Gasteiger partial charge in [0.1, 0.15) is 11.5 Å². The van der Waals surface area contributed by atoms with Crippen LogP contribution in [0.3, 0.4) is 0 Å². The Morgan fingerprint density at radius 1 is 0.935 bits per heavy atom. The van der Waals surface area contributed by atoms with Crippen LogP contribution in [-0.4, -0.2) is 56.7 Å². The van der Waals surface area contributed by atoms with Gasteiger partial charge in [-0.2, -0.15) is 0 Å². The molecule has 1 N–H and O–H groups in total. The summed E-state index contributed by atoms with van der Waals surface area (Å²) < 4.78 is 11.7. The maximum Gasteiger partial charge on any atom is 0.137 e. The summed E-state index contributed by atoms with van der Waals surface area (Å²) in [7, 11) is 0. The molecule has 1 saturated heterocycles. The smallest absolute Gasteiger partial charge is 0.137 e. The first-order valence-electron chi connectivity index (χ1n) is 11.2. The molecule has 0 amide bonds. The summed E-state index contributed by atoms with van der Waals surface area (Å²) in [6.07, 6.45) is 1.85. The fourth-order valence-electron chi connectivity index (χ4n) is 3.79. The van der Waals surface area contributed by atoms with Crippen LogP contribution in [0.15, 0.2) is 42.5 Å². The third kappa shape index (κ3) is 7.01. The number of benzene rings is 2. The topological polar surface area (TPSA) is 33.7 Å². The van der Waals surface area contributed by atoms with E-state index >= 15 is 0 Å². The molecule has 0 bridgehead atoms. The molecular weight excluding hydrogens is 431 g/mol. The molecule has 3 rings (SSSR count). The fraction of sp³-hybridized carbons (Fsp3) is 0.520. The molecule has 1 heterocycles. The Labute approximate surface area is 196 Å². The first kappa shape index (κ1) is 24.2. The van der Waals surface area contributed by atoms with E-state index in [2.05, 4.69) is 54.4 Å². The summed E-state index contributed by atoms with van der Waals surface area (Å²) in [4.78, 5) is 2.49. The van der Waals surface area contributed by atoms with Gasteiger partial charge in [-0.25, -0.2) is 0 Å². The Bertz CT molecular complexity index is 806. The zero-order valence-electron chi connectivity index (χ0n) is 18.6. The van der Waals surface area contributed by atoms with Crippen molar-refractivity contribution in [2.24, 2.45) is 0 Å². The van der Waals surface area contributed by atoms with Gasteiger partial charge in [-0.1, -0.05) is 43.6 Å². The maximum absolute atomic E-state index is 6.47. The van der Waals surface area contributed by atoms with Crippen molar-refractivity contribution in [2.75, 3.05) is 51.8 Å². The van der Waals surface area contributed by atoms with Crippen molar-refractivity contribution < 1.29 is 9.47 Å². The average molecular weight is 465 g/mol. The lowest BCUT2D eigenvalue weighted by atomic mass is 9.78. The van der Waals surface area contributed by atoms with Crippen LogP contribution in [0.2, 0.25) is 5.02 Å². The van der Waals surface area contributed by atoms with E-state index in [1.165, 1.54) is 5.56 Å². The lowest BCUT2D eigenvalue weighted by molar-refractivity contribution is 0.214. The van der Waals surface area contributed by atoms with Gasteiger partial charge < -0.3 is 19.7 Å². The number of piperazine rings is 1. The minimum Gasteiger partial charge on any atom is -0.494 e. The molecule has 6 heteroatoms. The number of nitrogens with one attached hydrogen (secondary N) is 1. The monoisotopic (exact) mass is 464 g/mol. The molecule has 170 valence electrons. The summed E-state index contributed by atoms with van der Waals surface area (Å²) in [5.74, 6) is 2.20. The molecule has 2 aromatic carbocycles. The number of hydrogen-bond donors (Lipinski definition) is 1. The van der Waals surface area contributed by atoms with Gasteiger partial charge in [-0.3, -0.25) is 0 Å². The number of rotatable bonds is 11. The van der Waals surface area contributed by atoms with Crippen molar-refractivity contribution in [3.8, 4) is 11.5 Å². The van der Waals surface area contributed by atoms with Gasteiger partial charge in [-0.05, 0) is 48.2 Å². The zero-order chi connectivity index (χ0) is 22.1. The minimum absolute atomic E-state index is 0.181. The third-order valence-corrected chi connectivity index (χ3v) is 6.42. The Morgan fingerprint density at radius 2 is 1.61 bits per heavy atom. The van der Waals surface area contributed by atoms with Crippen LogP contribution >= 0.6 is 23.2 Å². The van der Waals surface area contributed by atoms with E-state index in [0.29, 0.717) is 23.3 Å². The van der Waals surface area contributed by atoms with Crippen LogP contribution in [0.1, 0.15) is 37.8 Å². The molecule has 1 aliphatic rings. The molecule has 1 aliphatic heterocycles. The molecule has 0 atom stereocenters. The average Bonchev–Trinajstić information content (AvgIpc) is 2.79. The normalized spacial score (nSPS) is 15.1. The molecular formula is C25H34Cl2N2O2. The van der Waals surface area contributed by atoms with Crippen LogP contribution in [0.4, 0.5) is 0 Å². The van der Waals surface area contributed by atoms with Crippen molar-refractivity contribution >= 4 is 23.2 Å². The lowest BCUT2D eigenvalue weighted by Crippen LogP contribution is -2.43. The highest BCUT2D eigenvalue weighted by Gasteiger charge is 2.24. The molecule has 0 saturated carbocycles. The van der Waals surface area contributed by atoms with E-state index in [9.17, 15) is 0 Å². The van der Waals surface area contributed by atoms with Gasteiger partial charge in [0.2, 0.25) is 0 Å². The fourth-order valence-corrected chi connectivity index (χ4v) is 4.13. The van der Waals surface area contributed by atoms with E-state index in [-0.39, 0.29) is 5.41 Å². The van der Waals surface area contributed by atoms with Crippen molar-refractivity contribution in [1.82, 2.24) is 10.2 Å². The maximum atomic E-state index is 6.47. The summed E-state index contributed by atoms with van der Waals surface area (Å²) in [6, 6.07) is 14.4. The SMILES string of the molecule is CC(C)(c1ccc(OCCCN2CCNCC2)cc1)c1ccc(OCCCCl)c(Cl)c1. The Morgan fingerprint density at radius 3 is 2.29 bits per heavy atom. The second-order valence-electron chi connectivity index (χ2n) is 8.48. The van der Waals surface area contributed by atoms with Crippen LogP contribution in [0, 0.1) is 0 Å². The van der Waals surface area contributed by atoms with Crippen LogP contribution in [0.5, 0.6) is 11.5 Å². The van der Waals surface area contributed by atoms with Crippen molar-refractivity contribution in [1.29, 1.82) is 0 Å². The number of alkyl halides is 1. The van der Waals surface area contributed by atoms with Gasteiger partial charge >= 0.3 is 0 Å². The predicted octanol–water partition coefficient (Wildman–Crippen LogP) is 5.35. The number of halogens is 2. The first-order chi connectivity index (χ1) is 15.0. The first-order valence-corrected chi connectivity index (χ1v) is 12.1. The molecule has 0 aliphatic carbocycles. The highest BCUT2D eigenvalue weighted by Crippen LogP contribution is 2.36. The summed E-state index contributed by atoms with van der Waals surface area (Å²) in [6.45, 7) is 11.3. The predicted molar refractivity (Wildman–Crippen MR) is 130 cm³/mol. The van der Waals surface area contributed by atoms with E-state index in [4.69, 9.17) is 32.7 Å². The Hall–Kier alpha value is -1.46. The van der Waals surface area contributed by atoms with Crippen LogP contribution in [-0.2, 0) is 5.41 Å². The number of ether oxygens (including phenoxy) is 2. The quantitative estimate of drug-likeness (QED) is 0.359. The summed E-state index contributed by atoms with van der Waals surface area (Å²) in [5.41, 5.74) is 2.18. The van der Waals surface area contributed by atoms with Gasteiger partial charge in [0.25, 0.3) is 0 Å². The van der Waals surface area contributed by atoms with Crippen LogP contribution < -0.4 is 14.8 Å². The van der Waals surface area contributed by atoms with Gasteiger partial charge in [-0.15, -0.1) is 11.6 Å². The standard InChI is InChI=1S/C25H34Cl2N2O2/c1-25(2,21-7-10-24(23(27)19-21)31-17-3-11-26)20-5-8-22(9-6-20)30-18-4-14-29-15-12-28-13-16-29/h5-10,19,28H,3-4,11-18H2,1-2H3. The van der Waals surface area contributed by atoms with E-state index in [1.54, 1.807) is 0 Å². The third-order valence-electron chi connectivity index (χ3n) is 5.86. The van der Waals surface area contributed by atoms with Gasteiger partial charge in [0.15, 0.2) is 0 Å². The second kappa shape index (κ2) is 12.0. The molecule has 2 aromatic rings. The summed E-state index contributed by atoms with van der Waals surface area (Å²) in [5, 5.41) is 4.01. The zero-order valence-corrected chi connectivity index (χ0v) is 20.1. The van der Waals surface area contributed by atoms with E-state index < -0.39 is 0 Å². The second-order valence-corrected chi connectivity index (χ2v) is 9.26. The number of nitrogens with zero attached hydrogens (tertiary/aromatic N) is 1. The molecule has 1 fully saturated rings. The van der Waals surface area contributed by atoms with Crippen molar-refractivity contribution in [3.63, 3.8) is 0 Å².